The smallest absolute Gasteiger partial charge is 0.243 e. The van der Waals surface area contributed by atoms with E-state index >= 15 is 0 Å². The lowest BCUT2D eigenvalue weighted by molar-refractivity contribution is -0.129. The Hall–Kier alpha value is -1.10. The number of hydrogen-bond acceptors (Lipinski definition) is 6. The summed E-state index contributed by atoms with van der Waals surface area (Å²) in [7, 11) is -6.46. The van der Waals surface area contributed by atoms with Gasteiger partial charge in [-0.05, 0) is 18.6 Å². The number of piperazine rings is 1. The van der Waals surface area contributed by atoms with E-state index in [2.05, 4.69) is 0 Å². The first-order valence-electron chi connectivity index (χ1n) is 8.43. The molecule has 0 radical (unpaired) electrons. The summed E-state index contributed by atoms with van der Waals surface area (Å²) in [4.78, 5) is 14.3. The Balaban J connectivity index is 1.50. The number of sulfone groups is 1. The van der Waals surface area contributed by atoms with Crippen molar-refractivity contribution in [3.63, 3.8) is 0 Å². The number of carbonyl (C=O) groups excluding carboxylic acids is 1. The molecular weight excluding hydrogens is 396 g/mol. The second kappa shape index (κ2) is 7.87. The number of rotatable bonds is 5. The molecule has 0 saturated carbocycles. The highest BCUT2D eigenvalue weighted by Gasteiger charge is 2.32. The maximum atomic E-state index is 12.6. The topological polar surface area (TPSA) is 91.8 Å². The molecule has 3 rings (SSSR count). The van der Waals surface area contributed by atoms with E-state index in [-0.39, 0.29) is 46.4 Å². The molecular formula is C16H22N2O5S3. The average molecular weight is 419 g/mol. The third-order valence-electron chi connectivity index (χ3n) is 4.61. The Labute approximate surface area is 158 Å². The number of nitrogens with zero attached hydrogens (tertiary/aromatic N) is 2. The molecule has 1 aromatic rings. The van der Waals surface area contributed by atoms with Crippen LogP contribution in [0.1, 0.15) is 6.42 Å². The number of hydrogen-bond donors (Lipinski definition) is 0. The Morgan fingerprint density at radius 1 is 1.12 bits per heavy atom. The van der Waals surface area contributed by atoms with Gasteiger partial charge in [0.25, 0.3) is 0 Å². The molecule has 0 unspecified atom stereocenters. The van der Waals surface area contributed by atoms with Gasteiger partial charge in [-0.1, -0.05) is 18.2 Å². The molecule has 2 aliphatic heterocycles. The molecule has 0 aromatic heterocycles. The average Bonchev–Trinajstić information content (AvgIpc) is 2.99. The van der Waals surface area contributed by atoms with Gasteiger partial charge in [-0.15, -0.1) is 11.8 Å². The van der Waals surface area contributed by atoms with Gasteiger partial charge in [0.2, 0.25) is 15.9 Å². The van der Waals surface area contributed by atoms with Crippen molar-refractivity contribution in [2.75, 3.05) is 43.4 Å². The van der Waals surface area contributed by atoms with Crippen LogP contribution in [0, 0.1) is 0 Å². The van der Waals surface area contributed by atoms with Crippen molar-refractivity contribution in [1.29, 1.82) is 0 Å². The summed E-state index contributed by atoms with van der Waals surface area (Å²) in [6, 6.07) is 8.28. The van der Waals surface area contributed by atoms with Crippen molar-refractivity contribution >= 4 is 37.5 Å². The summed E-state index contributed by atoms with van der Waals surface area (Å²) >= 11 is 1.39. The Morgan fingerprint density at radius 3 is 2.35 bits per heavy atom. The zero-order valence-electron chi connectivity index (χ0n) is 14.3. The van der Waals surface area contributed by atoms with Crippen LogP contribution in [0.15, 0.2) is 35.2 Å². The van der Waals surface area contributed by atoms with Crippen LogP contribution < -0.4 is 0 Å². The van der Waals surface area contributed by atoms with Gasteiger partial charge in [0, 0.05) is 31.4 Å². The van der Waals surface area contributed by atoms with Crippen molar-refractivity contribution in [2.45, 2.75) is 16.6 Å². The van der Waals surface area contributed by atoms with E-state index in [9.17, 15) is 21.6 Å². The van der Waals surface area contributed by atoms with Crippen LogP contribution in [0.25, 0.3) is 0 Å². The molecule has 1 atom stereocenters. The quantitative estimate of drug-likeness (QED) is 0.689. The molecule has 0 spiro atoms. The molecule has 2 saturated heterocycles. The maximum absolute atomic E-state index is 12.6. The van der Waals surface area contributed by atoms with Crippen LogP contribution in [0.2, 0.25) is 0 Å². The van der Waals surface area contributed by atoms with Crippen molar-refractivity contribution in [3.05, 3.63) is 30.3 Å². The van der Waals surface area contributed by atoms with E-state index in [1.807, 2.05) is 0 Å². The van der Waals surface area contributed by atoms with Gasteiger partial charge in [0.15, 0.2) is 9.84 Å². The van der Waals surface area contributed by atoms with E-state index in [1.54, 1.807) is 35.2 Å². The van der Waals surface area contributed by atoms with E-state index < -0.39 is 19.9 Å². The number of amides is 1. The molecule has 7 nitrogen and oxygen atoms in total. The zero-order valence-corrected chi connectivity index (χ0v) is 16.7. The number of thioether (sulfide) groups is 1. The first-order chi connectivity index (χ1) is 12.3. The van der Waals surface area contributed by atoms with Gasteiger partial charge in [-0.2, -0.15) is 4.31 Å². The van der Waals surface area contributed by atoms with Crippen molar-refractivity contribution < 1.29 is 21.6 Å². The van der Waals surface area contributed by atoms with Crippen LogP contribution in [-0.4, -0.2) is 80.6 Å². The van der Waals surface area contributed by atoms with Gasteiger partial charge in [0.1, 0.15) is 0 Å². The fourth-order valence-electron chi connectivity index (χ4n) is 3.09. The minimum absolute atomic E-state index is 0.0105. The summed E-state index contributed by atoms with van der Waals surface area (Å²) in [5.74, 6) is 0.533. The van der Waals surface area contributed by atoms with E-state index in [4.69, 9.17) is 0 Å². The maximum Gasteiger partial charge on any atom is 0.243 e. The zero-order chi connectivity index (χ0) is 18.8. The predicted molar refractivity (Wildman–Crippen MR) is 101 cm³/mol. The van der Waals surface area contributed by atoms with E-state index in [1.165, 1.54) is 16.1 Å². The number of sulfonamides is 1. The largest absolute Gasteiger partial charge is 0.339 e. The number of carbonyl (C=O) groups is 1. The van der Waals surface area contributed by atoms with Crippen molar-refractivity contribution in [3.8, 4) is 0 Å². The molecule has 0 bridgehead atoms. The molecule has 2 heterocycles. The SMILES string of the molecule is O=C(CS[C@H]1CCS(=O)(=O)C1)N1CCN(S(=O)(=O)c2ccccc2)CC1. The first-order valence-corrected chi connectivity index (χ1v) is 12.7. The highest BCUT2D eigenvalue weighted by molar-refractivity contribution is 8.02. The summed E-state index contributed by atoms with van der Waals surface area (Å²) in [5, 5.41) is -0.0105. The molecule has 2 fully saturated rings. The molecule has 0 N–H and O–H groups in total. The minimum atomic E-state index is -3.53. The normalized spacial score (nSPS) is 23.8. The molecule has 0 aliphatic carbocycles. The van der Waals surface area contributed by atoms with Crippen LogP contribution in [0.5, 0.6) is 0 Å². The Kier molecular flexibility index (Phi) is 5.95. The highest BCUT2D eigenvalue weighted by Crippen LogP contribution is 2.25. The third kappa shape index (κ3) is 4.59. The Morgan fingerprint density at radius 2 is 1.77 bits per heavy atom. The van der Waals surface area contributed by atoms with Crippen LogP contribution >= 0.6 is 11.8 Å². The molecule has 1 aromatic carbocycles. The first kappa shape index (κ1) is 19.7. The second-order valence-electron chi connectivity index (χ2n) is 6.43. The monoisotopic (exact) mass is 418 g/mol. The van der Waals surface area contributed by atoms with Crippen LogP contribution in [-0.2, 0) is 24.7 Å². The molecule has 10 heteroatoms. The standard InChI is InChI=1S/C16H22N2O5S3/c19-16(12-24-14-6-11-25(20,21)13-14)17-7-9-18(10-8-17)26(22,23)15-4-2-1-3-5-15/h1-5,14H,6-13H2/t14-/m0/s1. The summed E-state index contributed by atoms with van der Waals surface area (Å²) in [5.41, 5.74) is 0. The van der Waals surface area contributed by atoms with Gasteiger partial charge in [0.05, 0.1) is 22.2 Å². The van der Waals surface area contributed by atoms with E-state index in [0.29, 0.717) is 19.5 Å². The lowest BCUT2D eigenvalue weighted by Gasteiger charge is -2.34. The fraction of sp³-hybridized carbons (Fsp3) is 0.562. The minimum Gasteiger partial charge on any atom is -0.339 e. The van der Waals surface area contributed by atoms with Crippen molar-refractivity contribution in [1.82, 2.24) is 9.21 Å². The van der Waals surface area contributed by atoms with Gasteiger partial charge < -0.3 is 4.90 Å². The van der Waals surface area contributed by atoms with Crippen molar-refractivity contribution in [2.24, 2.45) is 0 Å². The Bertz CT molecular complexity index is 847. The fourth-order valence-corrected chi connectivity index (χ4v) is 8.08. The predicted octanol–water partition coefficient (Wildman–Crippen LogP) is 0.440. The molecule has 2 aliphatic rings. The second-order valence-corrected chi connectivity index (χ2v) is 11.9. The summed E-state index contributed by atoms with van der Waals surface area (Å²) < 4.78 is 49.5. The van der Waals surface area contributed by atoms with Gasteiger partial charge >= 0.3 is 0 Å². The highest BCUT2D eigenvalue weighted by atomic mass is 32.2. The van der Waals surface area contributed by atoms with Gasteiger partial charge in [-0.3, -0.25) is 4.79 Å². The molecule has 26 heavy (non-hydrogen) atoms. The molecule has 1 amide bonds. The third-order valence-corrected chi connectivity index (χ3v) is 9.78. The lowest BCUT2D eigenvalue weighted by Crippen LogP contribution is -2.51. The summed E-state index contributed by atoms with van der Waals surface area (Å²) in [6.45, 7) is 1.25. The lowest BCUT2D eigenvalue weighted by atomic mass is 10.3. The molecule has 144 valence electrons. The van der Waals surface area contributed by atoms with E-state index in [0.717, 1.165) is 0 Å². The van der Waals surface area contributed by atoms with Gasteiger partial charge in [-0.25, -0.2) is 16.8 Å². The number of benzene rings is 1. The van der Waals surface area contributed by atoms with Crippen LogP contribution in [0.4, 0.5) is 0 Å². The van der Waals surface area contributed by atoms with Crippen LogP contribution in [0.3, 0.4) is 0 Å². The summed E-state index contributed by atoms with van der Waals surface area (Å²) in [6.07, 6.45) is 0.601.